The third-order valence-electron chi connectivity index (χ3n) is 2.66. The van der Waals surface area contributed by atoms with Crippen LogP contribution in [0.4, 0.5) is 11.5 Å². The highest BCUT2D eigenvalue weighted by molar-refractivity contribution is 6.14. The Bertz CT molecular complexity index is 455. The summed E-state index contributed by atoms with van der Waals surface area (Å²) in [5.74, 6) is 0.335. The van der Waals surface area contributed by atoms with Gasteiger partial charge in [0.2, 0.25) is 0 Å². The zero-order valence-electron chi connectivity index (χ0n) is 9.34. The van der Waals surface area contributed by atoms with E-state index in [-0.39, 0.29) is 11.8 Å². The highest BCUT2D eigenvalue weighted by atomic mass is 16.2. The van der Waals surface area contributed by atoms with Crippen molar-refractivity contribution in [3.63, 3.8) is 0 Å². The van der Waals surface area contributed by atoms with Crippen LogP contribution in [-0.4, -0.2) is 16.6 Å². The zero-order valence-corrected chi connectivity index (χ0v) is 9.34. The minimum absolute atomic E-state index is 0.0295. The van der Waals surface area contributed by atoms with E-state index in [0.717, 1.165) is 12.1 Å². The van der Waals surface area contributed by atoms with E-state index in [1.54, 1.807) is 18.3 Å². The van der Waals surface area contributed by atoms with Gasteiger partial charge in [-0.25, -0.2) is 4.98 Å². The number of carbonyl (C=O) groups excluding carboxylic acids is 1. The van der Waals surface area contributed by atoms with Crippen LogP contribution < -0.4 is 10.7 Å². The number of hydrazone groups is 1. The molecule has 0 radical (unpaired) electrons. The molecule has 5 heteroatoms. The van der Waals surface area contributed by atoms with Crippen molar-refractivity contribution in [2.24, 2.45) is 11.0 Å². The SMILES string of the molecule is CCC1C(=O)N(c2cc(N)ccn2)N=C1C. The Balaban J connectivity index is 2.34. The van der Waals surface area contributed by atoms with Gasteiger partial charge in [-0.15, -0.1) is 0 Å². The number of hydrogen-bond acceptors (Lipinski definition) is 4. The van der Waals surface area contributed by atoms with E-state index in [1.165, 1.54) is 5.01 Å². The smallest absolute Gasteiger partial charge is 0.257 e. The largest absolute Gasteiger partial charge is 0.399 e. The van der Waals surface area contributed by atoms with E-state index < -0.39 is 0 Å². The molecule has 2 rings (SSSR count). The molecule has 0 aromatic carbocycles. The van der Waals surface area contributed by atoms with Gasteiger partial charge in [0, 0.05) is 23.7 Å². The number of hydrogen-bond donors (Lipinski definition) is 1. The summed E-state index contributed by atoms with van der Waals surface area (Å²) in [7, 11) is 0. The van der Waals surface area contributed by atoms with Crippen LogP contribution in [0.1, 0.15) is 20.3 Å². The quantitative estimate of drug-likeness (QED) is 0.815. The van der Waals surface area contributed by atoms with Crippen LogP contribution in [0.25, 0.3) is 0 Å². The number of nitrogens with zero attached hydrogens (tertiary/aromatic N) is 3. The first-order chi connectivity index (χ1) is 7.63. The second-order valence-electron chi connectivity index (χ2n) is 3.80. The Morgan fingerprint density at radius 3 is 2.88 bits per heavy atom. The fourth-order valence-electron chi connectivity index (χ4n) is 1.79. The lowest BCUT2D eigenvalue weighted by atomic mass is 10.0. The molecule has 0 aliphatic carbocycles. The van der Waals surface area contributed by atoms with Gasteiger partial charge < -0.3 is 5.73 Å². The maximum Gasteiger partial charge on any atom is 0.257 e. The minimum Gasteiger partial charge on any atom is -0.399 e. The molecule has 2 heterocycles. The highest BCUT2D eigenvalue weighted by Gasteiger charge is 2.33. The molecule has 1 aliphatic rings. The van der Waals surface area contributed by atoms with E-state index in [9.17, 15) is 4.79 Å². The molecule has 1 aromatic rings. The second kappa shape index (κ2) is 3.92. The zero-order chi connectivity index (χ0) is 11.7. The van der Waals surface area contributed by atoms with Crippen molar-refractivity contribution in [2.45, 2.75) is 20.3 Å². The predicted octanol–water partition coefficient (Wildman–Crippen LogP) is 1.41. The van der Waals surface area contributed by atoms with Crippen LogP contribution in [0, 0.1) is 5.92 Å². The lowest BCUT2D eigenvalue weighted by Gasteiger charge is -2.12. The summed E-state index contributed by atoms with van der Waals surface area (Å²) < 4.78 is 0. The number of carbonyl (C=O) groups is 1. The van der Waals surface area contributed by atoms with Gasteiger partial charge >= 0.3 is 0 Å². The van der Waals surface area contributed by atoms with Crippen LogP contribution in [0.2, 0.25) is 0 Å². The number of aromatic nitrogens is 1. The van der Waals surface area contributed by atoms with E-state index in [0.29, 0.717) is 11.5 Å². The normalized spacial score (nSPS) is 20.1. The van der Waals surface area contributed by atoms with Crippen LogP contribution >= 0.6 is 0 Å². The molecular formula is C11H14N4O. The molecular weight excluding hydrogens is 204 g/mol. The average molecular weight is 218 g/mol. The lowest BCUT2D eigenvalue weighted by molar-refractivity contribution is -0.119. The van der Waals surface area contributed by atoms with Crippen LogP contribution in [0.5, 0.6) is 0 Å². The summed E-state index contributed by atoms with van der Waals surface area (Å²) in [6.07, 6.45) is 2.33. The summed E-state index contributed by atoms with van der Waals surface area (Å²) in [6.45, 7) is 3.83. The monoisotopic (exact) mass is 218 g/mol. The van der Waals surface area contributed by atoms with Crippen molar-refractivity contribution in [2.75, 3.05) is 10.7 Å². The Hall–Kier alpha value is -1.91. The van der Waals surface area contributed by atoms with Gasteiger partial charge in [-0.2, -0.15) is 10.1 Å². The number of amides is 1. The summed E-state index contributed by atoms with van der Waals surface area (Å²) >= 11 is 0. The maximum absolute atomic E-state index is 12.0. The first kappa shape index (κ1) is 10.6. The fraction of sp³-hybridized carbons (Fsp3) is 0.364. The third kappa shape index (κ3) is 1.64. The van der Waals surface area contributed by atoms with Crippen molar-refractivity contribution in [3.8, 4) is 0 Å². The first-order valence-electron chi connectivity index (χ1n) is 5.24. The molecule has 1 amide bonds. The number of nitrogens with two attached hydrogens (primary N) is 1. The van der Waals surface area contributed by atoms with Crippen LogP contribution in [0.15, 0.2) is 23.4 Å². The van der Waals surface area contributed by atoms with Gasteiger partial charge in [0.1, 0.15) is 0 Å². The Kier molecular flexibility index (Phi) is 2.60. The fourth-order valence-corrected chi connectivity index (χ4v) is 1.79. The summed E-state index contributed by atoms with van der Waals surface area (Å²) in [5, 5.41) is 5.55. The van der Waals surface area contributed by atoms with Crippen molar-refractivity contribution in [1.82, 2.24) is 4.98 Å². The van der Waals surface area contributed by atoms with E-state index >= 15 is 0 Å². The van der Waals surface area contributed by atoms with E-state index in [1.807, 2.05) is 13.8 Å². The molecule has 1 aliphatic heterocycles. The summed E-state index contributed by atoms with van der Waals surface area (Å²) in [4.78, 5) is 16.1. The summed E-state index contributed by atoms with van der Waals surface area (Å²) in [6, 6.07) is 3.32. The topological polar surface area (TPSA) is 71.6 Å². The molecule has 84 valence electrons. The first-order valence-corrected chi connectivity index (χ1v) is 5.24. The standard InChI is InChI=1S/C11H14N4O/c1-3-9-7(2)14-15(11(9)16)10-6-8(12)4-5-13-10/h4-6,9H,3H2,1-2H3,(H2,12,13). The Morgan fingerprint density at radius 2 is 2.31 bits per heavy atom. The molecule has 2 N–H and O–H groups in total. The van der Waals surface area contributed by atoms with Crippen molar-refractivity contribution in [3.05, 3.63) is 18.3 Å². The number of pyridine rings is 1. The molecule has 1 aromatic heterocycles. The molecule has 0 fully saturated rings. The van der Waals surface area contributed by atoms with Gasteiger partial charge in [-0.05, 0) is 19.4 Å². The number of rotatable bonds is 2. The van der Waals surface area contributed by atoms with Crippen LogP contribution in [0.3, 0.4) is 0 Å². The average Bonchev–Trinajstić information content (AvgIpc) is 2.54. The molecule has 1 atom stereocenters. The van der Waals surface area contributed by atoms with E-state index in [2.05, 4.69) is 10.1 Å². The third-order valence-corrected chi connectivity index (χ3v) is 2.66. The molecule has 0 saturated heterocycles. The molecule has 0 bridgehead atoms. The van der Waals surface area contributed by atoms with Gasteiger partial charge in [0.05, 0.1) is 5.92 Å². The van der Waals surface area contributed by atoms with Gasteiger partial charge in [-0.3, -0.25) is 4.79 Å². The Morgan fingerprint density at radius 1 is 1.56 bits per heavy atom. The van der Waals surface area contributed by atoms with Crippen molar-refractivity contribution in [1.29, 1.82) is 0 Å². The predicted molar refractivity (Wildman–Crippen MR) is 63.0 cm³/mol. The van der Waals surface area contributed by atoms with Gasteiger partial charge in [-0.1, -0.05) is 6.92 Å². The summed E-state index contributed by atoms with van der Waals surface area (Å²) in [5.41, 5.74) is 7.05. The minimum atomic E-state index is -0.122. The van der Waals surface area contributed by atoms with E-state index in [4.69, 9.17) is 5.73 Å². The highest BCUT2D eigenvalue weighted by Crippen LogP contribution is 2.24. The number of anilines is 2. The molecule has 0 saturated carbocycles. The molecule has 0 spiro atoms. The van der Waals surface area contributed by atoms with Crippen molar-refractivity contribution < 1.29 is 4.79 Å². The molecule has 5 nitrogen and oxygen atoms in total. The number of nitrogen functional groups attached to an aromatic ring is 1. The van der Waals surface area contributed by atoms with Crippen LogP contribution in [-0.2, 0) is 4.79 Å². The van der Waals surface area contributed by atoms with Gasteiger partial charge in [0.15, 0.2) is 5.82 Å². The second-order valence-corrected chi connectivity index (χ2v) is 3.80. The van der Waals surface area contributed by atoms with Crippen molar-refractivity contribution >= 4 is 23.1 Å². The molecule has 1 unspecified atom stereocenters. The molecule has 16 heavy (non-hydrogen) atoms. The van der Waals surface area contributed by atoms with Gasteiger partial charge in [0.25, 0.3) is 5.91 Å². The lowest BCUT2D eigenvalue weighted by Crippen LogP contribution is -2.27. The maximum atomic E-state index is 12.0. The Labute approximate surface area is 94.0 Å².